The molecule has 0 saturated carbocycles. The fourth-order valence-corrected chi connectivity index (χ4v) is 2.72. The second-order valence-corrected chi connectivity index (χ2v) is 6.45. The second kappa shape index (κ2) is 9.31. The van der Waals surface area contributed by atoms with E-state index >= 15 is 0 Å². The molecule has 2 aromatic carbocycles. The number of carbonyl (C=O) groups excluding carboxylic acids is 2. The summed E-state index contributed by atoms with van der Waals surface area (Å²) >= 11 is 0. The summed E-state index contributed by atoms with van der Waals surface area (Å²) in [6.07, 6.45) is 1.13. The van der Waals surface area contributed by atoms with Gasteiger partial charge in [-0.2, -0.15) is 0 Å². The van der Waals surface area contributed by atoms with Crippen LogP contribution < -0.4 is 21.5 Å². The van der Waals surface area contributed by atoms with Gasteiger partial charge in [-0.05, 0) is 42.8 Å². The van der Waals surface area contributed by atoms with Gasteiger partial charge in [-0.1, -0.05) is 18.2 Å². The highest BCUT2D eigenvalue weighted by Gasteiger charge is 2.24. The first-order valence-corrected chi connectivity index (χ1v) is 9.11. The van der Waals surface area contributed by atoms with Gasteiger partial charge in [-0.3, -0.25) is 30.6 Å². The fourth-order valence-electron chi connectivity index (χ4n) is 2.72. The molecule has 11 heteroatoms. The number of nitrogens with one attached hydrogen (secondary N) is 4. The Morgan fingerprint density at radius 2 is 1.61 bits per heavy atom. The molecule has 0 unspecified atom stereocenters. The van der Waals surface area contributed by atoms with Crippen molar-refractivity contribution >= 4 is 40.5 Å². The molecule has 1 heterocycles. The standard InChI is InChI=1S/C20H19N7O4/c1-12-5-3-4-6-16(12)20(29)26-25-19-17(27(30)31)18(21-11-22-19)24-15-9-7-14(8-10-15)23-13(2)28/h3-11H,1-2H3,(H,23,28)(H,26,29)(H2,21,22,24,25). The highest BCUT2D eigenvalue weighted by atomic mass is 16.6. The number of benzene rings is 2. The van der Waals surface area contributed by atoms with Crippen molar-refractivity contribution in [3.8, 4) is 0 Å². The molecule has 158 valence electrons. The van der Waals surface area contributed by atoms with E-state index < -0.39 is 16.5 Å². The SMILES string of the molecule is CC(=O)Nc1ccc(Nc2ncnc(NNC(=O)c3ccccc3C)c2[N+](=O)[O-])cc1. The van der Waals surface area contributed by atoms with Crippen LogP contribution in [0.15, 0.2) is 54.9 Å². The number of hydrogen-bond acceptors (Lipinski definition) is 8. The first-order valence-electron chi connectivity index (χ1n) is 9.11. The third-order valence-corrected chi connectivity index (χ3v) is 4.16. The van der Waals surface area contributed by atoms with Gasteiger partial charge in [0.2, 0.25) is 17.5 Å². The molecular formula is C20H19N7O4. The quantitative estimate of drug-likeness (QED) is 0.335. The average molecular weight is 421 g/mol. The van der Waals surface area contributed by atoms with E-state index in [0.717, 1.165) is 11.9 Å². The number of aromatic nitrogens is 2. The van der Waals surface area contributed by atoms with Crippen molar-refractivity contribution in [2.75, 3.05) is 16.1 Å². The molecule has 3 rings (SSSR count). The maximum absolute atomic E-state index is 12.4. The van der Waals surface area contributed by atoms with Gasteiger partial charge in [-0.25, -0.2) is 9.97 Å². The van der Waals surface area contributed by atoms with Crippen LogP contribution in [0.4, 0.5) is 28.7 Å². The molecule has 0 aliphatic carbocycles. The Balaban J connectivity index is 1.79. The van der Waals surface area contributed by atoms with Crippen LogP contribution >= 0.6 is 0 Å². The predicted octanol–water partition coefficient (Wildman–Crippen LogP) is 3.15. The van der Waals surface area contributed by atoms with Gasteiger partial charge in [-0.15, -0.1) is 0 Å². The van der Waals surface area contributed by atoms with Crippen LogP contribution in [0.25, 0.3) is 0 Å². The topological polar surface area (TPSA) is 151 Å². The summed E-state index contributed by atoms with van der Waals surface area (Å²) < 4.78 is 0. The molecule has 2 amide bonds. The first-order chi connectivity index (χ1) is 14.8. The van der Waals surface area contributed by atoms with Gasteiger partial charge in [0.05, 0.1) is 4.92 Å². The Morgan fingerprint density at radius 3 is 2.26 bits per heavy atom. The normalized spacial score (nSPS) is 10.1. The molecule has 1 aromatic heterocycles. The smallest absolute Gasteiger partial charge is 0.334 e. The molecule has 0 atom stereocenters. The van der Waals surface area contributed by atoms with E-state index in [1.807, 2.05) is 0 Å². The van der Waals surface area contributed by atoms with E-state index in [9.17, 15) is 19.7 Å². The summed E-state index contributed by atoms with van der Waals surface area (Å²) in [4.78, 5) is 42.3. The van der Waals surface area contributed by atoms with Crippen molar-refractivity contribution in [1.29, 1.82) is 0 Å². The van der Waals surface area contributed by atoms with Crippen molar-refractivity contribution < 1.29 is 14.5 Å². The Hall–Kier alpha value is -4.54. The lowest BCUT2D eigenvalue weighted by molar-refractivity contribution is -0.383. The van der Waals surface area contributed by atoms with Gasteiger partial charge < -0.3 is 10.6 Å². The summed E-state index contributed by atoms with van der Waals surface area (Å²) in [5.74, 6) is -0.927. The Bertz CT molecular complexity index is 1130. The molecule has 0 spiro atoms. The molecular weight excluding hydrogens is 402 g/mol. The Kier molecular flexibility index (Phi) is 6.36. The third-order valence-electron chi connectivity index (χ3n) is 4.16. The number of nitro groups is 1. The molecule has 4 N–H and O–H groups in total. The number of amides is 2. The fraction of sp³-hybridized carbons (Fsp3) is 0.100. The lowest BCUT2D eigenvalue weighted by atomic mass is 10.1. The van der Waals surface area contributed by atoms with Crippen LogP contribution in [0.5, 0.6) is 0 Å². The van der Waals surface area contributed by atoms with E-state index in [-0.39, 0.29) is 17.5 Å². The van der Waals surface area contributed by atoms with Crippen LogP contribution in [0, 0.1) is 17.0 Å². The van der Waals surface area contributed by atoms with Crippen LogP contribution in [0.3, 0.4) is 0 Å². The van der Waals surface area contributed by atoms with Crippen LogP contribution in [0.2, 0.25) is 0 Å². The summed E-state index contributed by atoms with van der Waals surface area (Å²) in [5, 5.41) is 17.1. The minimum Gasteiger partial charge on any atom is -0.334 e. The number of aryl methyl sites for hydroxylation is 1. The summed E-state index contributed by atoms with van der Waals surface area (Å²) in [5.41, 5.74) is 6.73. The van der Waals surface area contributed by atoms with Crippen molar-refractivity contribution in [1.82, 2.24) is 15.4 Å². The van der Waals surface area contributed by atoms with Gasteiger partial charge in [0.25, 0.3) is 5.91 Å². The number of rotatable bonds is 7. The largest absolute Gasteiger partial charge is 0.355 e. The van der Waals surface area contributed by atoms with E-state index in [1.54, 1.807) is 55.5 Å². The van der Waals surface area contributed by atoms with Crippen molar-refractivity contribution in [2.45, 2.75) is 13.8 Å². The molecule has 0 bridgehead atoms. The Morgan fingerprint density at radius 1 is 0.968 bits per heavy atom. The first kappa shape index (κ1) is 21.2. The van der Waals surface area contributed by atoms with Gasteiger partial charge in [0.15, 0.2) is 0 Å². The summed E-state index contributed by atoms with van der Waals surface area (Å²) in [6.45, 7) is 3.17. The minimum atomic E-state index is -0.656. The molecule has 11 nitrogen and oxygen atoms in total. The molecule has 0 aliphatic heterocycles. The van der Waals surface area contributed by atoms with Crippen molar-refractivity contribution in [3.05, 3.63) is 76.1 Å². The van der Waals surface area contributed by atoms with Gasteiger partial charge in [0, 0.05) is 23.9 Å². The second-order valence-electron chi connectivity index (χ2n) is 6.45. The van der Waals surface area contributed by atoms with Crippen LogP contribution in [-0.4, -0.2) is 26.7 Å². The molecule has 0 saturated heterocycles. The lowest BCUT2D eigenvalue weighted by Gasteiger charge is -2.12. The maximum Gasteiger partial charge on any atom is 0.355 e. The maximum atomic E-state index is 12.4. The summed E-state index contributed by atoms with van der Waals surface area (Å²) in [6, 6.07) is 13.5. The molecule has 0 radical (unpaired) electrons. The zero-order valence-corrected chi connectivity index (χ0v) is 16.7. The monoisotopic (exact) mass is 421 g/mol. The Labute approximate surface area is 177 Å². The van der Waals surface area contributed by atoms with E-state index in [1.165, 1.54) is 6.92 Å². The van der Waals surface area contributed by atoms with Crippen LogP contribution in [0.1, 0.15) is 22.8 Å². The molecule has 31 heavy (non-hydrogen) atoms. The third kappa shape index (κ3) is 5.29. The lowest BCUT2D eigenvalue weighted by Crippen LogP contribution is -2.30. The minimum absolute atomic E-state index is 0.0695. The van der Waals surface area contributed by atoms with E-state index in [0.29, 0.717) is 16.9 Å². The predicted molar refractivity (Wildman–Crippen MR) is 115 cm³/mol. The highest BCUT2D eigenvalue weighted by molar-refractivity contribution is 5.96. The van der Waals surface area contributed by atoms with E-state index in [4.69, 9.17) is 0 Å². The van der Waals surface area contributed by atoms with Gasteiger partial charge >= 0.3 is 5.69 Å². The average Bonchev–Trinajstić information content (AvgIpc) is 2.73. The van der Waals surface area contributed by atoms with Gasteiger partial charge in [0.1, 0.15) is 6.33 Å². The summed E-state index contributed by atoms with van der Waals surface area (Å²) in [7, 11) is 0. The number of hydrogen-bond donors (Lipinski definition) is 4. The van der Waals surface area contributed by atoms with Crippen molar-refractivity contribution in [3.63, 3.8) is 0 Å². The molecule has 0 aliphatic rings. The van der Waals surface area contributed by atoms with Crippen LogP contribution in [-0.2, 0) is 4.79 Å². The van der Waals surface area contributed by atoms with Crippen molar-refractivity contribution in [2.24, 2.45) is 0 Å². The van der Waals surface area contributed by atoms with E-state index in [2.05, 4.69) is 31.5 Å². The molecule has 0 fully saturated rings. The number of anilines is 4. The zero-order chi connectivity index (χ0) is 22.4. The number of hydrazine groups is 1. The highest BCUT2D eigenvalue weighted by Crippen LogP contribution is 2.31. The number of nitrogens with zero attached hydrogens (tertiary/aromatic N) is 3. The zero-order valence-electron chi connectivity index (χ0n) is 16.7. The molecule has 3 aromatic rings. The number of carbonyl (C=O) groups is 2.